The van der Waals surface area contributed by atoms with E-state index in [0.29, 0.717) is 23.9 Å². The standard InChI is InChI=1S/C24H34N4O6/c1-15(2)14-18(19(29)27-28-22(32)25-21(31)26-23(28)33)17(20(30)34-24(3,4)5)13-9-12-16-10-7-6-8-11-16/h6-8,10-11,15,17-18H,9,12-14H2,1-5H3,(H,27,29)(H2,25,26,31,32,33)/t17-,18?/m1/s1. The second kappa shape index (κ2) is 11.6. The van der Waals surface area contributed by atoms with Crippen LogP contribution in [0.5, 0.6) is 0 Å². The van der Waals surface area contributed by atoms with Crippen LogP contribution in [-0.2, 0) is 20.7 Å². The van der Waals surface area contributed by atoms with Gasteiger partial charge in [-0.1, -0.05) is 44.2 Å². The Morgan fingerprint density at radius 3 is 2.12 bits per heavy atom. The van der Waals surface area contributed by atoms with Crippen molar-refractivity contribution in [2.45, 2.75) is 65.9 Å². The Bertz CT molecular complexity index is 1110. The highest BCUT2D eigenvalue weighted by Crippen LogP contribution is 2.29. The molecule has 2 rings (SSSR count). The van der Waals surface area contributed by atoms with Crippen LogP contribution >= 0.6 is 0 Å². The summed E-state index contributed by atoms with van der Waals surface area (Å²) in [4.78, 5) is 65.6. The van der Waals surface area contributed by atoms with Crippen molar-refractivity contribution in [1.82, 2.24) is 14.6 Å². The summed E-state index contributed by atoms with van der Waals surface area (Å²) < 4.78 is 6.02. The van der Waals surface area contributed by atoms with Crippen LogP contribution in [0.1, 0.15) is 59.4 Å². The second-order valence-electron chi connectivity index (χ2n) is 9.75. The van der Waals surface area contributed by atoms with Crippen molar-refractivity contribution < 1.29 is 14.3 Å². The molecule has 2 atom stereocenters. The number of benzene rings is 1. The lowest BCUT2D eigenvalue weighted by atomic mass is 9.81. The van der Waals surface area contributed by atoms with Gasteiger partial charge in [0.2, 0.25) is 5.91 Å². The van der Waals surface area contributed by atoms with E-state index in [4.69, 9.17) is 4.74 Å². The maximum Gasteiger partial charge on any atom is 0.353 e. The van der Waals surface area contributed by atoms with Crippen molar-refractivity contribution in [3.63, 3.8) is 0 Å². The first-order chi connectivity index (χ1) is 15.9. The zero-order valence-corrected chi connectivity index (χ0v) is 20.3. The van der Waals surface area contributed by atoms with Crippen molar-refractivity contribution in [2.24, 2.45) is 17.8 Å². The molecule has 2 aromatic rings. The number of aromatic nitrogens is 3. The number of carbonyl (C=O) groups excluding carboxylic acids is 2. The molecular formula is C24H34N4O6. The van der Waals surface area contributed by atoms with Gasteiger partial charge in [0.05, 0.1) is 11.8 Å². The molecule has 0 aliphatic carbocycles. The molecule has 10 nitrogen and oxygen atoms in total. The van der Waals surface area contributed by atoms with E-state index in [1.807, 2.05) is 54.1 Å². The summed E-state index contributed by atoms with van der Waals surface area (Å²) in [5.41, 5.74) is -0.516. The third-order valence-corrected chi connectivity index (χ3v) is 5.15. The first kappa shape index (κ1) is 26.8. The summed E-state index contributed by atoms with van der Waals surface area (Å²) in [6.07, 6.45) is 2.06. The van der Waals surface area contributed by atoms with Gasteiger partial charge in [0.15, 0.2) is 0 Å². The molecule has 0 saturated heterocycles. The lowest BCUT2D eigenvalue weighted by Gasteiger charge is -2.29. The molecule has 1 heterocycles. The lowest BCUT2D eigenvalue weighted by Crippen LogP contribution is -2.51. The Hall–Kier alpha value is -3.43. The normalized spacial score (nSPS) is 13.4. The topological polar surface area (TPSA) is 143 Å². The molecule has 1 aromatic heterocycles. The van der Waals surface area contributed by atoms with Crippen LogP contribution in [0.15, 0.2) is 44.7 Å². The summed E-state index contributed by atoms with van der Waals surface area (Å²) in [5, 5.41) is 0. The van der Waals surface area contributed by atoms with Crippen LogP contribution in [0.2, 0.25) is 0 Å². The number of carbonyl (C=O) groups is 2. The fraction of sp³-hybridized carbons (Fsp3) is 0.542. The van der Waals surface area contributed by atoms with Crippen LogP contribution in [0, 0.1) is 17.8 Å². The summed E-state index contributed by atoms with van der Waals surface area (Å²) in [7, 11) is 0. The Labute approximate surface area is 197 Å². The Morgan fingerprint density at radius 2 is 1.59 bits per heavy atom. The predicted octanol–water partition coefficient (Wildman–Crippen LogP) is 1.94. The van der Waals surface area contributed by atoms with Crippen LogP contribution in [0.4, 0.5) is 0 Å². The first-order valence-electron chi connectivity index (χ1n) is 11.4. The van der Waals surface area contributed by atoms with E-state index in [0.717, 1.165) is 12.0 Å². The Morgan fingerprint density at radius 1 is 1.00 bits per heavy atom. The van der Waals surface area contributed by atoms with Gasteiger partial charge in [0.1, 0.15) is 5.60 Å². The highest BCUT2D eigenvalue weighted by Gasteiger charge is 2.37. The number of rotatable bonds is 10. The van der Waals surface area contributed by atoms with Crippen molar-refractivity contribution in [1.29, 1.82) is 0 Å². The predicted molar refractivity (Wildman–Crippen MR) is 128 cm³/mol. The highest BCUT2D eigenvalue weighted by atomic mass is 16.6. The number of hydrogen-bond donors (Lipinski definition) is 3. The van der Waals surface area contributed by atoms with Crippen LogP contribution in [0.25, 0.3) is 0 Å². The summed E-state index contributed by atoms with van der Waals surface area (Å²) in [6.45, 7) is 9.08. The van der Waals surface area contributed by atoms with Gasteiger partial charge in [-0.05, 0) is 57.9 Å². The van der Waals surface area contributed by atoms with Gasteiger partial charge in [-0.2, -0.15) is 0 Å². The van der Waals surface area contributed by atoms with E-state index in [2.05, 4.69) is 5.43 Å². The molecule has 0 aliphatic rings. The molecule has 0 saturated carbocycles. The summed E-state index contributed by atoms with van der Waals surface area (Å²) >= 11 is 0. The van der Waals surface area contributed by atoms with E-state index in [9.17, 15) is 24.0 Å². The number of esters is 1. The third kappa shape index (κ3) is 8.17. The number of aryl methyl sites for hydroxylation is 1. The van der Waals surface area contributed by atoms with Crippen LogP contribution < -0.4 is 22.5 Å². The monoisotopic (exact) mass is 474 g/mol. The number of ether oxygens (including phenoxy) is 1. The molecule has 34 heavy (non-hydrogen) atoms. The molecule has 1 unspecified atom stereocenters. The largest absolute Gasteiger partial charge is 0.460 e. The van der Waals surface area contributed by atoms with Gasteiger partial charge >= 0.3 is 23.0 Å². The van der Waals surface area contributed by atoms with Gasteiger partial charge < -0.3 is 4.74 Å². The molecule has 3 N–H and O–H groups in total. The molecule has 0 spiro atoms. The Kier molecular flexibility index (Phi) is 9.17. The molecular weight excluding hydrogens is 440 g/mol. The molecule has 10 heteroatoms. The summed E-state index contributed by atoms with van der Waals surface area (Å²) in [5.74, 6) is -2.79. The van der Waals surface area contributed by atoms with Gasteiger partial charge in [0, 0.05) is 0 Å². The zero-order valence-electron chi connectivity index (χ0n) is 20.3. The Balaban J connectivity index is 2.33. The number of nitrogens with zero attached hydrogens (tertiary/aromatic N) is 1. The van der Waals surface area contributed by atoms with Crippen molar-refractivity contribution in [3.8, 4) is 0 Å². The number of hydrogen-bond acceptors (Lipinski definition) is 6. The highest BCUT2D eigenvalue weighted by molar-refractivity contribution is 5.90. The van der Waals surface area contributed by atoms with E-state index in [-0.39, 0.29) is 5.92 Å². The minimum absolute atomic E-state index is 0.0420. The average molecular weight is 475 g/mol. The fourth-order valence-corrected chi connectivity index (χ4v) is 3.72. The third-order valence-electron chi connectivity index (χ3n) is 5.15. The van der Waals surface area contributed by atoms with Gasteiger partial charge in [-0.3, -0.25) is 25.0 Å². The maximum absolute atomic E-state index is 13.3. The minimum atomic E-state index is -1.08. The van der Waals surface area contributed by atoms with Gasteiger partial charge in [-0.25, -0.2) is 14.4 Å². The van der Waals surface area contributed by atoms with Gasteiger partial charge in [0.25, 0.3) is 0 Å². The average Bonchev–Trinajstić information content (AvgIpc) is 2.71. The van der Waals surface area contributed by atoms with Crippen molar-refractivity contribution in [3.05, 3.63) is 67.3 Å². The number of amides is 1. The molecule has 186 valence electrons. The SMILES string of the molecule is CC(C)CC(C(=O)Nn1c(=O)[nH]c(=O)[nH]c1=O)[C@@H](CCCc1ccccc1)C(=O)OC(C)(C)C. The molecule has 0 radical (unpaired) electrons. The first-order valence-corrected chi connectivity index (χ1v) is 11.4. The molecule has 0 aliphatic heterocycles. The zero-order chi connectivity index (χ0) is 25.5. The van der Waals surface area contributed by atoms with Gasteiger partial charge in [-0.15, -0.1) is 4.68 Å². The molecule has 0 fully saturated rings. The smallest absolute Gasteiger partial charge is 0.353 e. The van der Waals surface area contributed by atoms with E-state index >= 15 is 0 Å². The fourth-order valence-electron chi connectivity index (χ4n) is 3.72. The molecule has 0 bridgehead atoms. The van der Waals surface area contributed by atoms with E-state index < -0.39 is 46.4 Å². The number of H-pyrrole nitrogens is 2. The van der Waals surface area contributed by atoms with E-state index in [1.165, 1.54) is 0 Å². The van der Waals surface area contributed by atoms with Crippen LogP contribution in [0.3, 0.4) is 0 Å². The molecule has 1 aromatic carbocycles. The number of nitrogens with one attached hydrogen (secondary N) is 3. The minimum Gasteiger partial charge on any atom is -0.460 e. The maximum atomic E-state index is 13.3. The second-order valence-corrected chi connectivity index (χ2v) is 9.75. The summed E-state index contributed by atoms with van der Waals surface area (Å²) in [6, 6.07) is 9.80. The van der Waals surface area contributed by atoms with Crippen LogP contribution in [-0.4, -0.2) is 32.1 Å². The van der Waals surface area contributed by atoms with Crippen molar-refractivity contribution in [2.75, 3.05) is 5.43 Å². The number of aromatic amines is 2. The van der Waals surface area contributed by atoms with E-state index in [1.54, 1.807) is 20.8 Å². The van der Waals surface area contributed by atoms with Crippen molar-refractivity contribution >= 4 is 11.9 Å². The molecule has 1 amide bonds. The quantitative estimate of drug-likeness (QED) is 0.449. The lowest BCUT2D eigenvalue weighted by molar-refractivity contribution is -0.164.